The number of carbonyl (C=O) groups is 1. The van der Waals surface area contributed by atoms with Crippen LogP contribution in [0.1, 0.15) is 39.5 Å². The third kappa shape index (κ3) is 3.85. The molecule has 0 aliphatic heterocycles. The largest absolute Gasteiger partial charge is 0.481 e. The summed E-state index contributed by atoms with van der Waals surface area (Å²) in [7, 11) is 0. The fourth-order valence-electron chi connectivity index (χ4n) is 2.52. The molecule has 1 aliphatic carbocycles. The zero-order valence-electron chi connectivity index (χ0n) is 12.0. The SMILES string of the molecule is CC(C)Oc1ncccc1NC1CCC(C(=O)O)CC1. The summed E-state index contributed by atoms with van der Waals surface area (Å²) < 4.78 is 5.68. The molecule has 1 saturated carbocycles. The van der Waals surface area contributed by atoms with E-state index in [9.17, 15) is 4.79 Å². The molecule has 1 aromatic rings. The van der Waals surface area contributed by atoms with Gasteiger partial charge < -0.3 is 15.2 Å². The van der Waals surface area contributed by atoms with Gasteiger partial charge in [0.15, 0.2) is 0 Å². The Morgan fingerprint density at radius 3 is 2.70 bits per heavy atom. The Morgan fingerprint density at radius 2 is 2.10 bits per heavy atom. The summed E-state index contributed by atoms with van der Waals surface area (Å²) in [5, 5.41) is 12.4. The molecule has 110 valence electrons. The number of hydrogen-bond donors (Lipinski definition) is 2. The number of nitrogens with zero attached hydrogens (tertiary/aromatic N) is 1. The second-order valence-corrected chi connectivity index (χ2v) is 5.55. The first kappa shape index (κ1) is 14.6. The highest BCUT2D eigenvalue weighted by molar-refractivity contribution is 5.70. The Bertz CT molecular complexity index is 454. The van der Waals surface area contributed by atoms with E-state index in [1.54, 1.807) is 6.20 Å². The number of aromatic nitrogens is 1. The van der Waals surface area contributed by atoms with Crippen LogP contribution in [0, 0.1) is 5.92 Å². The molecule has 1 aromatic heterocycles. The lowest BCUT2D eigenvalue weighted by atomic mass is 9.86. The van der Waals surface area contributed by atoms with Crippen molar-refractivity contribution in [3.63, 3.8) is 0 Å². The van der Waals surface area contributed by atoms with Crippen molar-refractivity contribution in [2.45, 2.75) is 51.7 Å². The van der Waals surface area contributed by atoms with E-state index in [0.717, 1.165) is 31.4 Å². The van der Waals surface area contributed by atoms with Crippen LogP contribution < -0.4 is 10.1 Å². The molecule has 0 radical (unpaired) electrons. The van der Waals surface area contributed by atoms with Crippen LogP contribution in [0.2, 0.25) is 0 Å². The lowest BCUT2D eigenvalue weighted by molar-refractivity contribution is -0.142. The molecule has 0 saturated heterocycles. The number of anilines is 1. The molecule has 2 rings (SSSR count). The van der Waals surface area contributed by atoms with Gasteiger partial charge in [-0.3, -0.25) is 4.79 Å². The van der Waals surface area contributed by atoms with Gasteiger partial charge in [-0.05, 0) is 51.7 Å². The maximum absolute atomic E-state index is 10.9. The Hall–Kier alpha value is -1.78. The monoisotopic (exact) mass is 278 g/mol. The van der Waals surface area contributed by atoms with Crippen molar-refractivity contribution in [2.24, 2.45) is 5.92 Å². The molecule has 20 heavy (non-hydrogen) atoms. The average molecular weight is 278 g/mol. The number of carboxylic acids is 1. The van der Waals surface area contributed by atoms with Gasteiger partial charge in [-0.25, -0.2) is 4.98 Å². The summed E-state index contributed by atoms with van der Waals surface area (Å²) in [5.74, 6) is -0.246. The molecular weight excluding hydrogens is 256 g/mol. The summed E-state index contributed by atoms with van der Waals surface area (Å²) in [6.45, 7) is 3.94. The minimum atomic E-state index is -0.673. The Balaban J connectivity index is 1.96. The number of carboxylic acid groups (broad SMARTS) is 1. The van der Waals surface area contributed by atoms with Gasteiger partial charge >= 0.3 is 5.97 Å². The van der Waals surface area contributed by atoms with Gasteiger partial charge in [-0.2, -0.15) is 0 Å². The Labute approximate surface area is 119 Å². The van der Waals surface area contributed by atoms with E-state index in [2.05, 4.69) is 10.3 Å². The van der Waals surface area contributed by atoms with Gasteiger partial charge in [0.1, 0.15) is 0 Å². The maximum Gasteiger partial charge on any atom is 0.306 e. The first-order chi connectivity index (χ1) is 9.56. The van der Waals surface area contributed by atoms with Gasteiger partial charge in [0.05, 0.1) is 17.7 Å². The zero-order valence-corrected chi connectivity index (χ0v) is 12.0. The van der Waals surface area contributed by atoms with Crippen LogP contribution in [-0.4, -0.2) is 28.2 Å². The van der Waals surface area contributed by atoms with Crippen molar-refractivity contribution < 1.29 is 14.6 Å². The predicted molar refractivity (Wildman–Crippen MR) is 77.0 cm³/mol. The van der Waals surface area contributed by atoms with E-state index in [1.807, 2.05) is 26.0 Å². The molecule has 0 spiro atoms. The van der Waals surface area contributed by atoms with Crippen LogP contribution in [0.5, 0.6) is 5.88 Å². The molecule has 1 heterocycles. The number of hydrogen-bond acceptors (Lipinski definition) is 4. The molecule has 0 aromatic carbocycles. The smallest absolute Gasteiger partial charge is 0.306 e. The third-order valence-electron chi connectivity index (χ3n) is 3.55. The van der Waals surface area contributed by atoms with Gasteiger partial charge in [0.25, 0.3) is 0 Å². The van der Waals surface area contributed by atoms with Crippen molar-refractivity contribution >= 4 is 11.7 Å². The number of nitrogens with one attached hydrogen (secondary N) is 1. The number of pyridine rings is 1. The summed E-state index contributed by atoms with van der Waals surface area (Å²) in [5.41, 5.74) is 0.889. The molecule has 2 N–H and O–H groups in total. The van der Waals surface area contributed by atoms with Gasteiger partial charge in [0.2, 0.25) is 5.88 Å². The third-order valence-corrected chi connectivity index (χ3v) is 3.55. The minimum Gasteiger partial charge on any atom is -0.481 e. The molecular formula is C15H22N2O3. The molecule has 0 atom stereocenters. The van der Waals surface area contributed by atoms with Crippen molar-refractivity contribution in [2.75, 3.05) is 5.32 Å². The number of rotatable bonds is 5. The summed E-state index contributed by atoms with van der Waals surface area (Å²) in [4.78, 5) is 15.2. The summed E-state index contributed by atoms with van der Waals surface area (Å²) >= 11 is 0. The van der Waals surface area contributed by atoms with E-state index in [4.69, 9.17) is 9.84 Å². The van der Waals surface area contributed by atoms with Gasteiger partial charge in [-0.1, -0.05) is 0 Å². The second-order valence-electron chi connectivity index (χ2n) is 5.55. The Kier molecular flexibility index (Phi) is 4.82. The van der Waals surface area contributed by atoms with Crippen LogP contribution in [0.4, 0.5) is 5.69 Å². The maximum atomic E-state index is 10.9. The normalized spacial score (nSPS) is 22.6. The van der Waals surface area contributed by atoms with E-state index >= 15 is 0 Å². The topological polar surface area (TPSA) is 71.5 Å². The summed E-state index contributed by atoms with van der Waals surface area (Å²) in [6.07, 6.45) is 4.99. The quantitative estimate of drug-likeness (QED) is 0.866. The molecule has 0 bridgehead atoms. The number of ether oxygens (including phenoxy) is 1. The lowest BCUT2D eigenvalue weighted by Gasteiger charge is -2.28. The Morgan fingerprint density at radius 1 is 1.40 bits per heavy atom. The van der Waals surface area contributed by atoms with Crippen molar-refractivity contribution in [3.8, 4) is 5.88 Å². The average Bonchev–Trinajstić information content (AvgIpc) is 2.41. The van der Waals surface area contributed by atoms with E-state index in [1.165, 1.54) is 0 Å². The molecule has 0 unspecified atom stereocenters. The predicted octanol–water partition coefficient (Wildman–Crippen LogP) is 2.92. The fraction of sp³-hybridized carbons (Fsp3) is 0.600. The standard InChI is InChI=1S/C15H22N2O3/c1-10(2)20-14-13(4-3-9-16-14)17-12-7-5-11(6-8-12)15(18)19/h3-4,9-12,17H,5-8H2,1-2H3,(H,18,19). The molecule has 5 nitrogen and oxygen atoms in total. The zero-order chi connectivity index (χ0) is 14.5. The van der Waals surface area contributed by atoms with Gasteiger partial charge in [0, 0.05) is 12.2 Å². The van der Waals surface area contributed by atoms with Crippen LogP contribution in [0.3, 0.4) is 0 Å². The first-order valence-corrected chi connectivity index (χ1v) is 7.17. The minimum absolute atomic E-state index is 0.0770. The second kappa shape index (κ2) is 6.59. The van der Waals surface area contributed by atoms with Crippen LogP contribution in [0.25, 0.3) is 0 Å². The number of aliphatic carboxylic acids is 1. The van der Waals surface area contributed by atoms with E-state index < -0.39 is 5.97 Å². The lowest BCUT2D eigenvalue weighted by Crippen LogP contribution is -2.29. The van der Waals surface area contributed by atoms with Crippen molar-refractivity contribution in [3.05, 3.63) is 18.3 Å². The molecule has 0 amide bonds. The fourth-order valence-corrected chi connectivity index (χ4v) is 2.52. The summed E-state index contributed by atoms with van der Waals surface area (Å²) in [6, 6.07) is 4.12. The van der Waals surface area contributed by atoms with Crippen LogP contribution in [-0.2, 0) is 4.79 Å². The van der Waals surface area contributed by atoms with E-state index in [-0.39, 0.29) is 12.0 Å². The first-order valence-electron chi connectivity index (χ1n) is 7.17. The van der Waals surface area contributed by atoms with Crippen molar-refractivity contribution in [1.29, 1.82) is 0 Å². The van der Waals surface area contributed by atoms with Crippen LogP contribution >= 0.6 is 0 Å². The van der Waals surface area contributed by atoms with Crippen molar-refractivity contribution in [1.82, 2.24) is 4.98 Å². The highest BCUT2D eigenvalue weighted by Crippen LogP contribution is 2.29. The van der Waals surface area contributed by atoms with Gasteiger partial charge in [-0.15, -0.1) is 0 Å². The van der Waals surface area contributed by atoms with Crippen LogP contribution in [0.15, 0.2) is 18.3 Å². The highest BCUT2D eigenvalue weighted by Gasteiger charge is 2.26. The van der Waals surface area contributed by atoms with E-state index in [0.29, 0.717) is 11.9 Å². The molecule has 1 aliphatic rings. The molecule has 1 fully saturated rings. The molecule has 5 heteroatoms. The highest BCUT2D eigenvalue weighted by atomic mass is 16.5.